The second-order valence-corrected chi connectivity index (χ2v) is 6.74. The molecule has 3 heterocycles. The highest BCUT2D eigenvalue weighted by Crippen LogP contribution is 2.23. The van der Waals surface area contributed by atoms with E-state index in [4.69, 9.17) is 11.6 Å². The topological polar surface area (TPSA) is 103 Å². The number of pyridine rings is 1. The van der Waals surface area contributed by atoms with E-state index in [2.05, 4.69) is 31.0 Å². The van der Waals surface area contributed by atoms with Gasteiger partial charge in [0.05, 0.1) is 13.1 Å². The van der Waals surface area contributed by atoms with Gasteiger partial charge in [-0.25, -0.2) is 4.68 Å². The highest BCUT2D eigenvalue weighted by Gasteiger charge is 2.18. The first-order valence-corrected chi connectivity index (χ1v) is 9.08. The Hall–Kier alpha value is -3.33. The van der Waals surface area contributed by atoms with Crippen LogP contribution in [-0.4, -0.2) is 40.7 Å². The van der Waals surface area contributed by atoms with Crippen molar-refractivity contribution >= 4 is 23.2 Å². The number of rotatable bonds is 7. The zero-order valence-corrected chi connectivity index (χ0v) is 15.6. The number of nitrogens with one attached hydrogen (secondary N) is 1. The van der Waals surface area contributed by atoms with Crippen LogP contribution in [0.25, 0.3) is 5.65 Å². The fraction of sp³-hybridized carbons (Fsp3) is 0.222. The number of nitrogens with zero attached hydrogens (tertiary/aromatic N) is 7. The molecule has 0 saturated carbocycles. The Morgan fingerprint density at radius 3 is 2.79 bits per heavy atom. The maximum absolute atomic E-state index is 12.6. The van der Waals surface area contributed by atoms with Crippen LogP contribution in [0.1, 0.15) is 23.7 Å². The normalized spacial score (nSPS) is 12.2. The number of carbonyl (C=O) groups excluding carboxylic acids is 1. The van der Waals surface area contributed by atoms with Crippen LogP contribution < -0.4 is 5.32 Å². The summed E-state index contributed by atoms with van der Waals surface area (Å²) in [6, 6.07) is 13.1. The van der Waals surface area contributed by atoms with Gasteiger partial charge in [0, 0.05) is 23.6 Å². The quantitative estimate of drug-likeness (QED) is 0.511. The van der Waals surface area contributed by atoms with Gasteiger partial charge in [-0.15, -0.1) is 15.3 Å². The average molecular weight is 397 g/mol. The van der Waals surface area contributed by atoms with Crippen LogP contribution in [0.3, 0.4) is 0 Å². The van der Waals surface area contributed by atoms with E-state index in [-0.39, 0.29) is 18.2 Å². The summed E-state index contributed by atoms with van der Waals surface area (Å²) in [5, 5.41) is 23.0. The molecule has 0 spiro atoms. The average Bonchev–Trinajstić information content (AvgIpc) is 3.36. The summed E-state index contributed by atoms with van der Waals surface area (Å²) in [6.45, 7) is 0.776. The fourth-order valence-electron chi connectivity index (χ4n) is 3.00. The predicted octanol–water partition coefficient (Wildman–Crippen LogP) is 1.86. The molecule has 0 unspecified atom stereocenters. The van der Waals surface area contributed by atoms with Gasteiger partial charge in [0.15, 0.2) is 11.5 Å². The SMILES string of the molecule is O=C(C[C@@H](Cn1cnnn1)c1ccc(Cl)cc1)NCc1nnc2ccccn12. The monoisotopic (exact) mass is 396 g/mol. The molecule has 0 aliphatic carbocycles. The summed E-state index contributed by atoms with van der Waals surface area (Å²) >= 11 is 5.99. The van der Waals surface area contributed by atoms with Crippen molar-refractivity contribution in [2.45, 2.75) is 25.4 Å². The largest absolute Gasteiger partial charge is 0.349 e. The van der Waals surface area contributed by atoms with Crippen molar-refractivity contribution in [1.29, 1.82) is 0 Å². The van der Waals surface area contributed by atoms with E-state index in [0.717, 1.165) is 11.2 Å². The summed E-state index contributed by atoms with van der Waals surface area (Å²) in [6.07, 6.45) is 3.67. The molecule has 1 N–H and O–H groups in total. The zero-order chi connectivity index (χ0) is 19.3. The van der Waals surface area contributed by atoms with Crippen molar-refractivity contribution in [1.82, 2.24) is 40.1 Å². The van der Waals surface area contributed by atoms with Crippen LogP contribution in [0.15, 0.2) is 55.0 Å². The lowest BCUT2D eigenvalue weighted by molar-refractivity contribution is -0.121. The molecule has 1 atom stereocenters. The molecule has 10 heteroatoms. The molecular formula is C18H17ClN8O. The number of halogens is 1. The van der Waals surface area contributed by atoms with Gasteiger partial charge in [-0.3, -0.25) is 9.20 Å². The minimum Gasteiger partial charge on any atom is -0.349 e. The van der Waals surface area contributed by atoms with Crippen LogP contribution >= 0.6 is 11.6 Å². The number of amides is 1. The highest BCUT2D eigenvalue weighted by molar-refractivity contribution is 6.30. The Kier molecular flexibility index (Phi) is 5.24. The van der Waals surface area contributed by atoms with Crippen LogP contribution in [-0.2, 0) is 17.9 Å². The Bertz CT molecular complexity index is 1060. The molecule has 142 valence electrons. The molecule has 4 rings (SSSR count). The first-order valence-electron chi connectivity index (χ1n) is 8.70. The Labute approximate surface area is 165 Å². The lowest BCUT2D eigenvalue weighted by Crippen LogP contribution is -2.27. The first-order chi connectivity index (χ1) is 13.7. The summed E-state index contributed by atoms with van der Waals surface area (Å²) in [4.78, 5) is 12.6. The summed E-state index contributed by atoms with van der Waals surface area (Å²) in [7, 11) is 0. The van der Waals surface area contributed by atoms with Gasteiger partial charge in [-0.1, -0.05) is 29.8 Å². The molecule has 1 amide bonds. The van der Waals surface area contributed by atoms with Gasteiger partial charge < -0.3 is 5.32 Å². The Balaban J connectivity index is 1.44. The van der Waals surface area contributed by atoms with E-state index in [1.54, 1.807) is 4.68 Å². The van der Waals surface area contributed by atoms with E-state index in [0.29, 0.717) is 23.9 Å². The van der Waals surface area contributed by atoms with Crippen LogP contribution in [0.5, 0.6) is 0 Å². The number of hydrogen-bond donors (Lipinski definition) is 1. The molecule has 3 aromatic heterocycles. The molecule has 0 aliphatic rings. The molecule has 9 nitrogen and oxygen atoms in total. The van der Waals surface area contributed by atoms with Gasteiger partial charge in [-0.05, 0) is 40.3 Å². The molecule has 0 aliphatic heterocycles. The lowest BCUT2D eigenvalue weighted by atomic mass is 9.95. The Morgan fingerprint density at radius 2 is 2.00 bits per heavy atom. The second-order valence-electron chi connectivity index (χ2n) is 6.31. The predicted molar refractivity (Wildman–Crippen MR) is 101 cm³/mol. The summed E-state index contributed by atoms with van der Waals surface area (Å²) in [5.41, 5.74) is 1.73. The number of aromatic nitrogens is 7. The number of benzene rings is 1. The third-order valence-electron chi connectivity index (χ3n) is 4.40. The zero-order valence-electron chi connectivity index (χ0n) is 14.8. The molecule has 1 aromatic carbocycles. The van der Waals surface area contributed by atoms with E-state index in [1.807, 2.05) is 53.1 Å². The molecular weight excluding hydrogens is 380 g/mol. The molecule has 28 heavy (non-hydrogen) atoms. The number of tetrazole rings is 1. The number of hydrogen-bond acceptors (Lipinski definition) is 6. The van der Waals surface area contributed by atoms with E-state index >= 15 is 0 Å². The van der Waals surface area contributed by atoms with Crippen molar-refractivity contribution in [2.24, 2.45) is 0 Å². The summed E-state index contributed by atoms with van der Waals surface area (Å²) < 4.78 is 3.45. The maximum Gasteiger partial charge on any atom is 0.221 e. The molecule has 0 bridgehead atoms. The van der Waals surface area contributed by atoms with E-state index in [9.17, 15) is 4.79 Å². The van der Waals surface area contributed by atoms with Crippen molar-refractivity contribution in [3.05, 3.63) is 71.4 Å². The third kappa shape index (κ3) is 4.15. The van der Waals surface area contributed by atoms with Gasteiger partial charge >= 0.3 is 0 Å². The lowest BCUT2D eigenvalue weighted by Gasteiger charge is -2.17. The van der Waals surface area contributed by atoms with Crippen molar-refractivity contribution in [2.75, 3.05) is 0 Å². The van der Waals surface area contributed by atoms with Crippen LogP contribution in [0, 0.1) is 0 Å². The molecule has 4 aromatic rings. The smallest absolute Gasteiger partial charge is 0.221 e. The van der Waals surface area contributed by atoms with E-state index in [1.165, 1.54) is 6.33 Å². The van der Waals surface area contributed by atoms with Gasteiger partial charge in [-0.2, -0.15) is 0 Å². The van der Waals surface area contributed by atoms with Gasteiger partial charge in [0.25, 0.3) is 0 Å². The molecule has 0 saturated heterocycles. The van der Waals surface area contributed by atoms with E-state index < -0.39 is 0 Å². The highest BCUT2D eigenvalue weighted by atomic mass is 35.5. The number of fused-ring (bicyclic) bond motifs is 1. The third-order valence-corrected chi connectivity index (χ3v) is 4.65. The number of carbonyl (C=O) groups is 1. The molecule has 0 fully saturated rings. The van der Waals surface area contributed by atoms with Crippen molar-refractivity contribution < 1.29 is 4.79 Å². The van der Waals surface area contributed by atoms with Crippen LogP contribution in [0.4, 0.5) is 0 Å². The van der Waals surface area contributed by atoms with Crippen molar-refractivity contribution in [3.8, 4) is 0 Å². The minimum atomic E-state index is -0.101. The minimum absolute atomic E-state index is 0.0966. The fourth-order valence-corrected chi connectivity index (χ4v) is 3.12. The Morgan fingerprint density at radius 1 is 1.14 bits per heavy atom. The van der Waals surface area contributed by atoms with Gasteiger partial charge in [0.2, 0.25) is 5.91 Å². The molecule has 0 radical (unpaired) electrons. The standard InChI is InChI=1S/C18H17ClN8O/c19-15-6-4-13(5-7-15)14(11-26-12-21-24-25-26)9-18(28)20-10-17-23-22-16-3-1-2-8-27(16)17/h1-8,12,14H,9-11H2,(H,20,28)/t14-/m0/s1. The summed E-state index contributed by atoms with van der Waals surface area (Å²) in [5.74, 6) is 0.476. The van der Waals surface area contributed by atoms with Crippen LogP contribution in [0.2, 0.25) is 5.02 Å². The second kappa shape index (κ2) is 8.13. The first kappa shape index (κ1) is 18.1. The van der Waals surface area contributed by atoms with Crippen molar-refractivity contribution in [3.63, 3.8) is 0 Å². The maximum atomic E-state index is 12.6. The van der Waals surface area contributed by atoms with Gasteiger partial charge in [0.1, 0.15) is 6.33 Å².